The molecule has 0 spiro atoms. The molecule has 1 aromatic carbocycles. The van der Waals surface area contributed by atoms with Gasteiger partial charge in [0.05, 0.1) is 4.92 Å². The highest BCUT2D eigenvalue weighted by Gasteiger charge is 2.42. The van der Waals surface area contributed by atoms with Gasteiger partial charge < -0.3 is 10.6 Å². The number of carbonyl (C=O) groups excluding carboxylic acids is 2. The molecule has 2 fully saturated rings. The van der Waals surface area contributed by atoms with E-state index >= 15 is 0 Å². The van der Waals surface area contributed by atoms with Crippen LogP contribution in [0.5, 0.6) is 0 Å². The molecule has 2 amide bonds. The van der Waals surface area contributed by atoms with Gasteiger partial charge in [-0.2, -0.15) is 11.8 Å². The standard InChI is InChI=1S/C21H29N3O4S/c1-13(18-11-14-6-7-15(18)10-14)22-21(26)19(8-9-29-2)23-20(25)16-4-3-5-17(12-16)24(27)28/h3-5,12-15,18-19H,6-11H2,1-2H3,(H,22,26)(H,23,25). The lowest BCUT2D eigenvalue weighted by molar-refractivity contribution is -0.384. The zero-order valence-electron chi connectivity index (χ0n) is 16.9. The van der Waals surface area contributed by atoms with Crippen molar-refractivity contribution in [1.82, 2.24) is 10.6 Å². The van der Waals surface area contributed by atoms with Crippen LogP contribution in [0.2, 0.25) is 0 Å². The number of nitrogens with zero attached hydrogens (tertiary/aromatic N) is 1. The summed E-state index contributed by atoms with van der Waals surface area (Å²) in [6.07, 6.45) is 7.50. The molecule has 29 heavy (non-hydrogen) atoms. The topological polar surface area (TPSA) is 101 Å². The summed E-state index contributed by atoms with van der Waals surface area (Å²) in [6, 6.07) is 4.99. The van der Waals surface area contributed by atoms with Crippen molar-refractivity contribution in [2.75, 3.05) is 12.0 Å². The molecule has 2 bridgehead atoms. The molecule has 3 rings (SSSR count). The van der Waals surface area contributed by atoms with Crippen LogP contribution in [0.3, 0.4) is 0 Å². The molecule has 7 nitrogen and oxygen atoms in total. The smallest absolute Gasteiger partial charge is 0.270 e. The highest BCUT2D eigenvalue weighted by molar-refractivity contribution is 7.98. The minimum absolute atomic E-state index is 0.0873. The minimum Gasteiger partial charge on any atom is -0.352 e. The summed E-state index contributed by atoms with van der Waals surface area (Å²) < 4.78 is 0. The second-order valence-electron chi connectivity index (χ2n) is 8.25. The van der Waals surface area contributed by atoms with E-state index in [0.29, 0.717) is 18.3 Å². The van der Waals surface area contributed by atoms with Crippen LogP contribution in [0.4, 0.5) is 5.69 Å². The number of carbonyl (C=O) groups is 2. The number of rotatable bonds is 9. The van der Waals surface area contributed by atoms with E-state index in [2.05, 4.69) is 17.6 Å². The molecule has 2 saturated carbocycles. The first-order chi connectivity index (χ1) is 13.9. The largest absolute Gasteiger partial charge is 0.352 e. The first-order valence-corrected chi connectivity index (χ1v) is 11.6. The molecule has 0 saturated heterocycles. The monoisotopic (exact) mass is 419 g/mol. The van der Waals surface area contributed by atoms with E-state index in [1.807, 2.05) is 6.26 Å². The molecule has 0 aromatic heterocycles. The Morgan fingerprint density at radius 1 is 1.28 bits per heavy atom. The molecular formula is C21H29N3O4S. The van der Waals surface area contributed by atoms with Crippen molar-refractivity contribution < 1.29 is 14.5 Å². The number of non-ortho nitro benzene ring substituents is 1. The van der Waals surface area contributed by atoms with Crippen LogP contribution in [0.1, 0.15) is 49.4 Å². The van der Waals surface area contributed by atoms with Gasteiger partial charge >= 0.3 is 0 Å². The SMILES string of the molecule is CSCCC(NC(=O)c1cccc([N+](=O)[O-])c1)C(=O)NC(C)C1CC2CCC1C2. The second-order valence-corrected chi connectivity index (χ2v) is 9.24. The van der Waals surface area contributed by atoms with Crippen molar-refractivity contribution in [3.8, 4) is 0 Å². The van der Waals surface area contributed by atoms with Crippen LogP contribution >= 0.6 is 11.8 Å². The molecule has 0 heterocycles. The zero-order chi connectivity index (χ0) is 21.0. The Morgan fingerprint density at radius 3 is 2.69 bits per heavy atom. The Bertz CT molecular complexity index is 772. The molecule has 2 N–H and O–H groups in total. The highest BCUT2D eigenvalue weighted by Crippen LogP contribution is 2.49. The number of nitro groups is 1. The van der Waals surface area contributed by atoms with E-state index in [1.54, 1.807) is 11.8 Å². The zero-order valence-corrected chi connectivity index (χ0v) is 17.7. The van der Waals surface area contributed by atoms with Gasteiger partial charge in [0.25, 0.3) is 11.6 Å². The third kappa shape index (κ3) is 5.29. The maximum atomic E-state index is 12.9. The lowest BCUT2D eigenvalue weighted by Crippen LogP contribution is -2.51. The molecule has 158 valence electrons. The van der Waals surface area contributed by atoms with Crippen molar-refractivity contribution in [2.45, 2.75) is 51.1 Å². The van der Waals surface area contributed by atoms with E-state index in [0.717, 1.165) is 11.7 Å². The average molecular weight is 420 g/mol. The number of nitrogens with one attached hydrogen (secondary N) is 2. The lowest BCUT2D eigenvalue weighted by atomic mass is 9.84. The number of amides is 2. The third-order valence-electron chi connectivity index (χ3n) is 6.36. The van der Waals surface area contributed by atoms with E-state index < -0.39 is 16.9 Å². The van der Waals surface area contributed by atoms with Gasteiger partial charge in [-0.15, -0.1) is 0 Å². The van der Waals surface area contributed by atoms with Crippen LogP contribution in [0.25, 0.3) is 0 Å². The summed E-state index contributed by atoms with van der Waals surface area (Å²) in [5.41, 5.74) is 0.0370. The van der Waals surface area contributed by atoms with Gasteiger partial charge in [-0.25, -0.2) is 0 Å². The first-order valence-electron chi connectivity index (χ1n) is 10.2. The fourth-order valence-corrected chi connectivity index (χ4v) is 5.32. The number of nitro benzene ring substituents is 1. The second kappa shape index (κ2) is 9.61. The van der Waals surface area contributed by atoms with E-state index in [1.165, 1.54) is 49.9 Å². The van der Waals surface area contributed by atoms with Crippen molar-refractivity contribution >= 4 is 29.3 Å². The third-order valence-corrected chi connectivity index (χ3v) is 7.00. The molecule has 1 aromatic rings. The Kier molecular flexibility index (Phi) is 7.16. The predicted octanol–water partition coefficient (Wildman–Crippen LogP) is 3.39. The molecule has 5 atom stereocenters. The Morgan fingerprint density at radius 2 is 2.07 bits per heavy atom. The summed E-state index contributed by atoms with van der Waals surface area (Å²) in [4.78, 5) is 36.0. The summed E-state index contributed by atoms with van der Waals surface area (Å²) in [5.74, 6) is 2.13. The molecule has 2 aliphatic rings. The van der Waals surface area contributed by atoms with Gasteiger partial charge in [0.1, 0.15) is 6.04 Å². The Labute approximate surface area is 175 Å². The van der Waals surface area contributed by atoms with Crippen molar-refractivity contribution in [3.05, 3.63) is 39.9 Å². The van der Waals surface area contributed by atoms with Crippen LogP contribution in [-0.2, 0) is 4.79 Å². The molecular weight excluding hydrogens is 390 g/mol. The van der Waals surface area contributed by atoms with Gasteiger partial charge in [-0.1, -0.05) is 12.5 Å². The quantitative estimate of drug-likeness (QED) is 0.472. The predicted molar refractivity (Wildman–Crippen MR) is 114 cm³/mol. The first kappa shape index (κ1) is 21.6. The van der Waals surface area contributed by atoms with Crippen LogP contribution < -0.4 is 10.6 Å². The van der Waals surface area contributed by atoms with Crippen molar-refractivity contribution in [3.63, 3.8) is 0 Å². The van der Waals surface area contributed by atoms with Crippen LogP contribution in [-0.4, -0.2) is 40.8 Å². The van der Waals surface area contributed by atoms with E-state index in [4.69, 9.17) is 0 Å². The van der Waals surface area contributed by atoms with Crippen LogP contribution in [0.15, 0.2) is 24.3 Å². The van der Waals surface area contributed by atoms with Gasteiger partial charge in [-0.05, 0) is 68.4 Å². The summed E-state index contributed by atoms with van der Waals surface area (Å²) in [7, 11) is 0. The van der Waals surface area contributed by atoms with Gasteiger partial charge in [0.15, 0.2) is 0 Å². The fraction of sp³-hybridized carbons (Fsp3) is 0.619. The van der Waals surface area contributed by atoms with Gasteiger partial charge in [0.2, 0.25) is 5.91 Å². The lowest BCUT2D eigenvalue weighted by Gasteiger charge is -2.30. The Hall–Kier alpha value is -2.09. The summed E-state index contributed by atoms with van der Waals surface area (Å²) in [6.45, 7) is 2.07. The van der Waals surface area contributed by atoms with Gasteiger partial charge in [0, 0.05) is 23.7 Å². The number of hydrogen-bond donors (Lipinski definition) is 2. The number of fused-ring (bicyclic) bond motifs is 2. The highest BCUT2D eigenvalue weighted by atomic mass is 32.2. The van der Waals surface area contributed by atoms with Crippen molar-refractivity contribution in [2.24, 2.45) is 17.8 Å². The fourth-order valence-electron chi connectivity index (χ4n) is 4.85. The number of benzene rings is 1. The van der Waals surface area contributed by atoms with E-state index in [9.17, 15) is 19.7 Å². The van der Waals surface area contributed by atoms with E-state index in [-0.39, 0.29) is 23.2 Å². The average Bonchev–Trinajstić information content (AvgIpc) is 3.34. The molecule has 0 radical (unpaired) electrons. The summed E-state index contributed by atoms with van der Waals surface area (Å²) >= 11 is 1.61. The van der Waals surface area contributed by atoms with Gasteiger partial charge in [-0.3, -0.25) is 19.7 Å². The number of thioether (sulfide) groups is 1. The maximum absolute atomic E-state index is 12.9. The molecule has 5 unspecified atom stereocenters. The normalized spacial score (nSPS) is 24.7. The maximum Gasteiger partial charge on any atom is 0.270 e. The summed E-state index contributed by atoms with van der Waals surface area (Å²) in [5, 5.41) is 16.9. The molecule has 8 heteroatoms. The van der Waals surface area contributed by atoms with Crippen LogP contribution in [0, 0.1) is 27.9 Å². The molecule has 2 aliphatic carbocycles. The molecule has 0 aliphatic heterocycles. The number of hydrogen-bond acceptors (Lipinski definition) is 5. The van der Waals surface area contributed by atoms with Crippen molar-refractivity contribution in [1.29, 1.82) is 0 Å². The Balaban J connectivity index is 1.63. The minimum atomic E-state index is -0.657.